The van der Waals surface area contributed by atoms with Crippen molar-refractivity contribution >= 4 is 17.4 Å². The minimum Gasteiger partial charge on any atom is -0.389 e. The van der Waals surface area contributed by atoms with Crippen LogP contribution in [0.2, 0.25) is 0 Å². The van der Waals surface area contributed by atoms with Crippen molar-refractivity contribution in [1.29, 1.82) is 0 Å². The number of hydrogen-bond acceptors (Lipinski definition) is 6. The third-order valence-corrected chi connectivity index (χ3v) is 5.24. The zero-order chi connectivity index (χ0) is 23.4. The number of Topliss-reactive ketones (excluding diaryl/α,β-unsaturated/α-hetero) is 1. The lowest BCUT2D eigenvalue weighted by Gasteiger charge is -2.15. The van der Waals surface area contributed by atoms with Gasteiger partial charge in [-0.05, 0) is 61.4 Å². The van der Waals surface area contributed by atoms with Crippen LogP contribution in [0.3, 0.4) is 0 Å². The summed E-state index contributed by atoms with van der Waals surface area (Å²) in [5.41, 5.74) is 7.87. The van der Waals surface area contributed by atoms with Gasteiger partial charge in [0.1, 0.15) is 18.2 Å². The van der Waals surface area contributed by atoms with Crippen molar-refractivity contribution in [2.24, 2.45) is 0 Å². The highest BCUT2D eigenvalue weighted by molar-refractivity contribution is 6.11. The molecular formula is C24H24FN3O4. The van der Waals surface area contributed by atoms with Gasteiger partial charge in [0, 0.05) is 18.2 Å². The second-order valence-electron chi connectivity index (χ2n) is 7.49. The predicted molar refractivity (Wildman–Crippen MR) is 119 cm³/mol. The number of ketones is 2. The zero-order valence-electron chi connectivity index (χ0n) is 17.8. The van der Waals surface area contributed by atoms with Crippen LogP contribution in [0.1, 0.15) is 34.0 Å². The number of nitrogens with zero attached hydrogens (tertiary/aromatic N) is 1. The number of halogens is 1. The number of nitrogens with one attached hydrogen (secondary N) is 1. The fourth-order valence-corrected chi connectivity index (χ4v) is 3.24. The molecule has 166 valence electrons. The fourth-order valence-electron chi connectivity index (χ4n) is 3.24. The van der Waals surface area contributed by atoms with Gasteiger partial charge in [0.15, 0.2) is 11.6 Å². The van der Waals surface area contributed by atoms with Crippen LogP contribution in [-0.2, 0) is 11.3 Å². The number of carbonyl (C=O) groups excluding carboxylic acids is 2. The molecule has 1 unspecified atom stereocenters. The van der Waals surface area contributed by atoms with Crippen molar-refractivity contribution in [3.63, 3.8) is 0 Å². The number of aryl methyl sites for hydroxylation is 1. The number of rotatable bonds is 8. The van der Waals surface area contributed by atoms with E-state index in [1.165, 1.54) is 34.9 Å². The highest BCUT2D eigenvalue weighted by Gasteiger charge is 2.18. The number of benzene rings is 2. The van der Waals surface area contributed by atoms with E-state index in [0.29, 0.717) is 17.8 Å². The van der Waals surface area contributed by atoms with E-state index in [-0.39, 0.29) is 22.7 Å². The predicted octanol–water partition coefficient (Wildman–Crippen LogP) is 2.14. The molecule has 1 heterocycles. The number of pyridine rings is 1. The summed E-state index contributed by atoms with van der Waals surface area (Å²) in [4.78, 5) is 36.9. The Morgan fingerprint density at radius 3 is 2.44 bits per heavy atom. The second kappa shape index (κ2) is 9.67. The Labute approximate surface area is 184 Å². The van der Waals surface area contributed by atoms with Crippen molar-refractivity contribution in [3.8, 4) is 5.69 Å². The Kier molecular flexibility index (Phi) is 6.97. The van der Waals surface area contributed by atoms with Gasteiger partial charge in [-0.3, -0.25) is 19.0 Å². The molecule has 0 spiro atoms. The zero-order valence-corrected chi connectivity index (χ0v) is 17.8. The van der Waals surface area contributed by atoms with E-state index in [1.807, 2.05) is 0 Å². The lowest BCUT2D eigenvalue weighted by Crippen LogP contribution is -2.35. The van der Waals surface area contributed by atoms with Crippen molar-refractivity contribution in [1.82, 2.24) is 9.88 Å². The summed E-state index contributed by atoms with van der Waals surface area (Å²) in [5, 5.41) is 11.9. The first-order valence-electron chi connectivity index (χ1n) is 10.0. The van der Waals surface area contributed by atoms with Crippen LogP contribution in [0, 0.1) is 12.7 Å². The average molecular weight is 437 g/mol. The molecule has 3 rings (SSSR count). The molecule has 0 saturated heterocycles. The molecule has 0 amide bonds. The summed E-state index contributed by atoms with van der Waals surface area (Å²) < 4.78 is 14.8. The first-order valence-corrected chi connectivity index (χ1v) is 10.0. The largest absolute Gasteiger partial charge is 0.389 e. The van der Waals surface area contributed by atoms with Gasteiger partial charge in [0.2, 0.25) is 0 Å². The van der Waals surface area contributed by atoms with Gasteiger partial charge < -0.3 is 16.2 Å². The van der Waals surface area contributed by atoms with Crippen LogP contribution in [0.5, 0.6) is 0 Å². The minimum atomic E-state index is -0.526. The molecule has 0 bridgehead atoms. The van der Waals surface area contributed by atoms with Gasteiger partial charge in [0.25, 0.3) is 5.56 Å². The Bertz CT molecular complexity index is 1220. The number of hydrogen-bond donors (Lipinski definition) is 3. The van der Waals surface area contributed by atoms with E-state index in [9.17, 15) is 18.8 Å². The lowest BCUT2D eigenvalue weighted by atomic mass is 10.0. The third-order valence-electron chi connectivity index (χ3n) is 5.24. The molecule has 0 fully saturated rings. The number of aromatic nitrogens is 1. The molecule has 7 nitrogen and oxygen atoms in total. The maximum atomic E-state index is 13.6. The summed E-state index contributed by atoms with van der Waals surface area (Å²) >= 11 is 0. The first-order chi connectivity index (χ1) is 15.2. The normalized spacial score (nSPS) is 11.9. The van der Waals surface area contributed by atoms with Crippen LogP contribution in [-0.4, -0.2) is 33.9 Å². The molecule has 1 atom stereocenters. The molecule has 0 aliphatic heterocycles. The van der Waals surface area contributed by atoms with E-state index in [1.54, 1.807) is 38.1 Å². The van der Waals surface area contributed by atoms with Crippen LogP contribution in [0.25, 0.3) is 5.69 Å². The fraction of sp³-hybridized carbons (Fsp3) is 0.208. The third kappa shape index (κ3) is 4.82. The van der Waals surface area contributed by atoms with Gasteiger partial charge in [-0.2, -0.15) is 0 Å². The number of anilines is 1. The first kappa shape index (κ1) is 23.1. The molecule has 4 N–H and O–H groups in total. The number of nitrogens with two attached hydrogens (primary N) is 1. The Morgan fingerprint density at radius 2 is 1.81 bits per heavy atom. The van der Waals surface area contributed by atoms with Crippen molar-refractivity contribution in [2.75, 3.05) is 12.3 Å². The van der Waals surface area contributed by atoms with Crippen molar-refractivity contribution in [2.45, 2.75) is 26.4 Å². The van der Waals surface area contributed by atoms with Gasteiger partial charge in [-0.1, -0.05) is 12.1 Å². The summed E-state index contributed by atoms with van der Waals surface area (Å²) in [6.45, 7) is 3.09. The van der Waals surface area contributed by atoms with Gasteiger partial charge in [0.05, 0.1) is 17.3 Å². The lowest BCUT2D eigenvalue weighted by molar-refractivity contribution is -0.123. The molecule has 32 heavy (non-hydrogen) atoms. The highest BCUT2D eigenvalue weighted by Crippen LogP contribution is 2.20. The summed E-state index contributed by atoms with van der Waals surface area (Å²) in [6.07, 6.45) is 0. The molecule has 0 aliphatic carbocycles. The second-order valence-corrected chi connectivity index (χ2v) is 7.49. The standard InChI is InChI=1S/C24H24FN3O4/c1-14-11-17(5-9-20(14)25)23(32)19-8-10-22(31)28(24(19)26)18-6-3-16(4-7-18)12-27-15(2)21(30)13-29/h3-11,15,27,29H,12-13,26H2,1-2H3. The van der Waals surface area contributed by atoms with Crippen LogP contribution >= 0.6 is 0 Å². The maximum absolute atomic E-state index is 13.6. The molecule has 2 aromatic carbocycles. The van der Waals surface area contributed by atoms with Gasteiger partial charge in [-0.15, -0.1) is 0 Å². The number of carbonyl (C=O) groups is 2. The van der Waals surface area contributed by atoms with Gasteiger partial charge >= 0.3 is 0 Å². The molecule has 0 aliphatic rings. The van der Waals surface area contributed by atoms with E-state index in [0.717, 1.165) is 5.56 Å². The van der Waals surface area contributed by atoms with E-state index in [2.05, 4.69) is 5.32 Å². The summed E-state index contributed by atoms with van der Waals surface area (Å²) in [7, 11) is 0. The maximum Gasteiger partial charge on any atom is 0.256 e. The van der Waals surface area contributed by atoms with E-state index < -0.39 is 29.8 Å². The topological polar surface area (TPSA) is 114 Å². The van der Waals surface area contributed by atoms with E-state index in [4.69, 9.17) is 10.8 Å². The van der Waals surface area contributed by atoms with Crippen LogP contribution in [0.4, 0.5) is 10.2 Å². The molecule has 3 aromatic rings. The summed E-state index contributed by atoms with van der Waals surface area (Å²) in [6, 6.07) is 13.1. The molecule has 0 saturated carbocycles. The number of aliphatic hydroxyl groups excluding tert-OH is 1. The quantitative estimate of drug-likeness (QED) is 0.465. The smallest absolute Gasteiger partial charge is 0.256 e. The van der Waals surface area contributed by atoms with Crippen LogP contribution < -0.4 is 16.6 Å². The number of aliphatic hydroxyl groups is 1. The molecule has 8 heteroatoms. The Balaban J connectivity index is 1.88. The van der Waals surface area contributed by atoms with E-state index >= 15 is 0 Å². The van der Waals surface area contributed by atoms with Gasteiger partial charge in [-0.25, -0.2) is 4.39 Å². The van der Waals surface area contributed by atoms with Crippen molar-refractivity contribution in [3.05, 3.63) is 93.0 Å². The Morgan fingerprint density at radius 1 is 1.12 bits per heavy atom. The monoisotopic (exact) mass is 437 g/mol. The van der Waals surface area contributed by atoms with Crippen LogP contribution in [0.15, 0.2) is 59.4 Å². The Hall–Kier alpha value is -3.62. The molecular weight excluding hydrogens is 413 g/mol. The molecule has 1 aromatic heterocycles. The number of nitrogen functional groups attached to an aromatic ring is 1. The SMILES string of the molecule is Cc1cc(C(=O)c2ccc(=O)n(-c3ccc(CNC(C)C(=O)CO)cc3)c2N)ccc1F. The summed E-state index contributed by atoms with van der Waals surface area (Å²) in [5.74, 6) is -1.15. The molecule has 0 radical (unpaired) electrons. The average Bonchev–Trinajstić information content (AvgIpc) is 2.79. The minimum absolute atomic E-state index is 0.0162. The highest BCUT2D eigenvalue weighted by atomic mass is 19.1. The van der Waals surface area contributed by atoms with Crippen molar-refractivity contribution < 1.29 is 19.1 Å².